The van der Waals surface area contributed by atoms with E-state index in [9.17, 15) is 4.79 Å². The maximum Gasteiger partial charge on any atom is 0.222 e. The van der Waals surface area contributed by atoms with E-state index >= 15 is 0 Å². The smallest absolute Gasteiger partial charge is 0.222 e. The molecule has 1 aliphatic carbocycles. The van der Waals surface area contributed by atoms with Gasteiger partial charge in [0.15, 0.2) is 0 Å². The lowest BCUT2D eigenvalue weighted by Gasteiger charge is -2.30. The molecule has 2 N–H and O–H groups in total. The Morgan fingerprint density at radius 2 is 1.95 bits per heavy atom. The minimum atomic E-state index is 0.297. The number of nitrogens with zero attached hydrogens (tertiary/aromatic N) is 1. The molecule has 2 atom stereocenters. The predicted molar refractivity (Wildman–Crippen MR) is 75.7 cm³/mol. The van der Waals surface area contributed by atoms with E-state index in [-0.39, 0.29) is 0 Å². The van der Waals surface area contributed by atoms with Gasteiger partial charge >= 0.3 is 0 Å². The summed E-state index contributed by atoms with van der Waals surface area (Å²) in [4.78, 5) is 14.2. The van der Waals surface area contributed by atoms with Gasteiger partial charge in [0.05, 0.1) is 0 Å². The van der Waals surface area contributed by atoms with Gasteiger partial charge < -0.3 is 15.4 Å². The van der Waals surface area contributed by atoms with Gasteiger partial charge in [-0.05, 0) is 43.9 Å². The van der Waals surface area contributed by atoms with Crippen LogP contribution in [0.3, 0.4) is 0 Å². The molecule has 0 bridgehead atoms. The standard InChI is InChI=1S/C15H28N2O2/c1-17(11-12-5-7-19-8-6-12)15(18)10-13-3-2-4-14(16)9-13/h12-14H,2-11,16H2,1H3. The summed E-state index contributed by atoms with van der Waals surface area (Å²) < 4.78 is 5.36. The van der Waals surface area contributed by atoms with Gasteiger partial charge in [0.25, 0.3) is 0 Å². The van der Waals surface area contributed by atoms with Crippen molar-refractivity contribution in [3.05, 3.63) is 0 Å². The lowest BCUT2D eigenvalue weighted by molar-refractivity contribution is -0.132. The first-order chi connectivity index (χ1) is 9.15. The molecule has 1 saturated heterocycles. The van der Waals surface area contributed by atoms with Crippen LogP contribution in [0.4, 0.5) is 0 Å². The van der Waals surface area contributed by atoms with Crippen molar-refractivity contribution in [2.24, 2.45) is 17.6 Å². The van der Waals surface area contributed by atoms with Crippen molar-refractivity contribution in [1.29, 1.82) is 0 Å². The number of rotatable bonds is 4. The third-order valence-corrected chi connectivity index (χ3v) is 4.59. The molecule has 1 amide bonds. The van der Waals surface area contributed by atoms with Gasteiger partial charge in [-0.25, -0.2) is 0 Å². The molecule has 4 heteroatoms. The zero-order valence-electron chi connectivity index (χ0n) is 12.1. The normalized spacial score (nSPS) is 29.2. The van der Waals surface area contributed by atoms with Crippen LogP contribution in [0, 0.1) is 11.8 Å². The molecule has 1 saturated carbocycles. The van der Waals surface area contributed by atoms with E-state index < -0.39 is 0 Å². The van der Waals surface area contributed by atoms with E-state index in [4.69, 9.17) is 10.5 Å². The van der Waals surface area contributed by atoms with Crippen LogP contribution in [0.1, 0.15) is 44.9 Å². The van der Waals surface area contributed by atoms with Crippen molar-refractivity contribution in [1.82, 2.24) is 4.90 Å². The monoisotopic (exact) mass is 268 g/mol. The molecule has 4 nitrogen and oxygen atoms in total. The molecule has 0 aromatic heterocycles. The summed E-state index contributed by atoms with van der Waals surface area (Å²) >= 11 is 0. The van der Waals surface area contributed by atoms with Crippen molar-refractivity contribution in [2.75, 3.05) is 26.8 Å². The number of ether oxygens (including phenoxy) is 1. The fourth-order valence-corrected chi connectivity index (χ4v) is 3.34. The zero-order chi connectivity index (χ0) is 13.7. The molecule has 2 unspecified atom stereocenters. The highest BCUT2D eigenvalue weighted by molar-refractivity contribution is 5.76. The second kappa shape index (κ2) is 7.25. The number of hydrogen-bond acceptors (Lipinski definition) is 3. The quantitative estimate of drug-likeness (QED) is 0.845. The van der Waals surface area contributed by atoms with Crippen molar-refractivity contribution in [2.45, 2.75) is 51.0 Å². The number of carbonyl (C=O) groups is 1. The van der Waals surface area contributed by atoms with Gasteiger partial charge in [-0.1, -0.05) is 6.42 Å². The van der Waals surface area contributed by atoms with Crippen LogP contribution in [0.25, 0.3) is 0 Å². The first-order valence-electron chi connectivity index (χ1n) is 7.72. The topological polar surface area (TPSA) is 55.6 Å². The molecule has 2 rings (SSSR count). The van der Waals surface area contributed by atoms with Gasteiger partial charge in [-0.2, -0.15) is 0 Å². The Morgan fingerprint density at radius 3 is 2.63 bits per heavy atom. The SMILES string of the molecule is CN(CC1CCOCC1)C(=O)CC1CCCC(N)C1. The molecule has 2 fully saturated rings. The lowest BCUT2D eigenvalue weighted by Crippen LogP contribution is -2.36. The van der Waals surface area contributed by atoms with Crippen LogP contribution in [0.2, 0.25) is 0 Å². The van der Waals surface area contributed by atoms with Crippen molar-refractivity contribution in [3.8, 4) is 0 Å². The van der Waals surface area contributed by atoms with Gasteiger partial charge in [0.2, 0.25) is 5.91 Å². The number of hydrogen-bond donors (Lipinski definition) is 1. The Morgan fingerprint density at radius 1 is 1.21 bits per heavy atom. The molecule has 0 radical (unpaired) electrons. The van der Waals surface area contributed by atoms with E-state index in [0.29, 0.717) is 30.2 Å². The predicted octanol–water partition coefficient (Wildman–Crippen LogP) is 1.78. The third-order valence-electron chi connectivity index (χ3n) is 4.59. The van der Waals surface area contributed by atoms with Crippen LogP contribution in [0.5, 0.6) is 0 Å². The number of amides is 1. The second-order valence-electron chi connectivity index (χ2n) is 6.33. The van der Waals surface area contributed by atoms with Crippen LogP contribution < -0.4 is 5.73 Å². The van der Waals surface area contributed by atoms with Crippen molar-refractivity contribution < 1.29 is 9.53 Å². The molecule has 0 aromatic rings. The molecule has 1 aliphatic heterocycles. The summed E-state index contributed by atoms with van der Waals surface area (Å²) in [6.45, 7) is 2.59. The summed E-state index contributed by atoms with van der Waals surface area (Å²) in [6.07, 6.45) is 7.37. The first kappa shape index (κ1) is 14.8. The second-order valence-corrected chi connectivity index (χ2v) is 6.33. The maximum absolute atomic E-state index is 12.2. The van der Waals surface area contributed by atoms with Gasteiger partial charge in [-0.15, -0.1) is 0 Å². The van der Waals surface area contributed by atoms with Crippen LogP contribution in [-0.4, -0.2) is 43.7 Å². The average Bonchev–Trinajstić information content (AvgIpc) is 2.40. The van der Waals surface area contributed by atoms with E-state index in [1.54, 1.807) is 0 Å². The highest BCUT2D eigenvalue weighted by Gasteiger charge is 2.24. The Kier molecular flexibility index (Phi) is 5.64. The van der Waals surface area contributed by atoms with E-state index in [1.165, 1.54) is 12.8 Å². The third kappa shape index (κ3) is 4.77. The molecule has 0 aromatic carbocycles. The van der Waals surface area contributed by atoms with Gasteiger partial charge in [0.1, 0.15) is 0 Å². The molecular weight excluding hydrogens is 240 g/mol. The van der Waals surface area contributed by atoms with Crippen molar-refractivity contribution in [3.63, 3.8) is 0 Å². The molecule has 2 aliphatic rings. The minimum absolute atomic E-state index is 0.297. The largest absolute Gasteiger partial charge is 0.381 e. The fourth-order valence-electron chi connectivity index (χ4n) is 3.34. The van der Waals surface area contributed by atoms with E-state index in [1.807, 2.05) is 11.9 Å². The van der Waals surface area contributed by atoms with Crippen LogP contribution >= 0.6 is 0 Å². The number of carbonyl (C=O) groups excluding carboxylic acids is 1. The Hall–Kier alpha value is -0.610. The highest BCUT2D eigenvalue weighted by atomic mass is 16.5. The summed E-state index contributed by atoms with van der Waals surface area (Å²) in [7, 11) is 1.94. The lowest BCUT2D eigenvalue weighted by atomic mass is 9.84. The minimum Gasteiger partial charge on any atom is -0.381 e. The van der Waals surface area contributed by atoms with E-state index in [2.05, 4.69) is 0 Å². The number of nitrogens with two attached hydrogens (primary N) is 1. The molecule has 1 heterocycles. The van der Waals surface area contributed by atoms with Crippen molar-refractivity contribution >= 4 is 5.91 Å². The summed E-state index contributed by atoms with van der Waals surface area (Å²) in [6, 6.07) is 0.312. The fraction of sp³-hybridized carbons (Fsp3) is 0.933. The summed E-state index contributed by atoms with van der Waals surface area (Å²) in [5.41, 5.74) is 5.99. The highest BCUT2D eigenvalue weighted by Crippen LogP contribution is 2.26. The van der Waals surface area contributed by atoms with Gasteiger partial charge in [0, 0.05) is 39.3 Å². The van der Waals surface area contributed by atoms with Gasteiger partial charge in [-0.3, -0.25) is 4.79 Å². The summed E-state index contributed by atoms with van der Waals surface area (Å²) in [5.74, 6) is 1.43. The van der Waals surface area contributed by atoms with E-state index in [0.717, 1.165) is 45.4 Å². The Labute approximate surface area is 116 Å². The zero-order valence-corrected chi connectivity index (χ0v) is 12.1. The van der Waals surface area contributed by atoms with Crippen LogP contribution in [0.15, 0.2) is 0 Å². The molecule has 110 valence electrons. The molecular formula is C15H28N2O2. The summed E-state index contributed by atoms with van der Waals surface area (Å²) in [5, 5.41) is 0. The maximum atomic E-state index is 12.2. The molecule has 19 heavy (non-hydrogen) atoms. The molecule has 0 spiro atoms. The van der Waals surface area contributed by atoms with Crippen LogP contribution in [-0.2, 0) is 9.53 Å². The Balaban J connectivity index is 1.72. The Bertz CT molecular complexity index is 290. The average molecular weight is 268 g/mol. The first-order valence-corrected chi connectivity index (χ1v) is 7.72.